The fourth-order valence-electron chi connectivity index (χ4n) is 3.82. The maximum Gasteiger partial charge on any atom is 0.317 e. The zero-order chi connectivity index (χ0) is 18.3. The number of carbonyl (C=O) groups excluding carboxylic acids is 1. The zero-order valence-corrected chi connectivity index (χ0v) is 15.4. The largest absolute Gasteiger partial charge is 0.346 e. The van der Waals surface area contributed by atoms with Gasteiger partial charge in [0, 0.05) is 47.7 Å². The number of piperidine rings is 1. The van der Waals surface area contributed by atoms with Crippen molar-refractivity contribution in [2.45, 2.75) is 45.6 Å². The van der Waals surface area contributed by atoms with Crippen LogP contribution in [0.4, 0.5) is 4.79 Å². The molecule has 1 unspecified atom stereocenters. The summed E-state index contributed by atoms with van der Waals surface area (Å²) in [5.74, 6) is 1.10. The molecular weight excluding hydrogens is 328 g/mol. The van der Waals surface area contributed by atoms with Crippen molar-refractivity contribution in [2.24, 2.45) is 0 Å². The first-order chi connectivity index (χ1) is 12.5. The minimum Gasteiger partial charge on any atom is -0.346 e. The number of hydrogen-bond donors (Lipinski definition) is 2. The lowest BCUT2D eigenvalue weighted by atomic mass is 9.91. The van der Waals surface area contributed by atoms with Crippen molar-refractivity contribution in [3.63, 3.8) is 0 Å². The fraction of sp³-hybridized carbons (Fsp3) is 0.474. The molecule has 7 nitrogen and oxygen atoms in total. The lowest BCUT2D eigenvalue weighted by molar-refractivity contribution is 0.177. The average Bonchev–Trinajstić information content (AvgIpc) is 3.09. The van der Waals surface area contributed by atoms with Crippen LogP contribution in [0.5, 0.6) is 0 Å². The van der Waals surface area contributed by atoms with Gasteiger partial charge in [0.15, 0.2) is 5.65 Å². The number of aromatic amines is 1. The third-order valence-electron chi connectivity index (χ3n) is 4.92. The molecule has 0 aliphatic carbocycles. The zero-order valence-electron chi connectivity index (χ0n) is 15.4. The summed E-state index contributed by atoms with van der Waals surface area (Å²) < 4.78 is 0. The number of hydrogen-bond acceptors (Lipinski definition) is 4. The molecule has 0 radical (unpaired) electrons. The molecule has 2 N–H and O–H groups in total. The second kappa shape index (κ2) is 6.55. The van der Waals surface area contributed by atoms with Gasteiger partial charge in [-0.1, -0.05) is 0 Å². The SMILES string of the molecule is Cc1nc2cnc3nccc3c2c(C2CCCN(C(=O)NC(C)C)C2)[nH]1. The summed E-state index contributed by atoms with van der Waals surface area (Å²) in [5.41, 5.74) is 2.75. The number of nitrogens with one attached hydrogen (secondary N) is 2. The molecule has 0 bridgehead atoms. The molecule has 2 amide bonds. The molecule has 1 aliphatic rings. The molecule has 4 heterocycles. The molecule has 4 rings (SSSR count). The predicted octanol–water partition coefficient (Wildman–Crippen LogP) is 3.11. The second-order valence-corrected chi connectivity index (χ2v) is 7.33. The molecule has 7 heteroatoms. The quantitative estimate of drug-likeness (QED) is 0.742. The van der Waals surface area contributed by atoms with Crippen molar-refractivity contribution < 1.29 is 4.79 Å². The van der Waals surface area contributed by atoms with Crippen LogP contribution < -0.4 is 5.32 Å². The molecule has 0 saturated carbocycles. The van der Waals surface area contributed by atoms with E-state index in [0.29, 0.717) is 6.54 Å². The van der Waals surface area contributed by atoms with E-state index in [1.807, 2.05) is 31.7 Å². The van der Waals surface area contributed by atoms with Gasteiger partial charge in [0.1, 0.15) is 5.82 Å². The molecule has 26 heavy (non-hydrogen) atoms. The van der Waals surface area contributed by atoms with Gasteiger partial charge >= 0.3 is 6.03 Å². The molecule has 1 fully saturated rings. The van der Waals surface area contributed by atoms with Gasteiger partial charge in [-0.25, -0.2) is 19.7 Å². The van der Waals surface area contributed by atoms with Crippen molar-refractivity contribution in [3.05, 3.63) is 30.0 Å². The summed E-state index contributed by atoms with van der Waals surface area (Å²) in [5, 5.41) is 5.10. The maximum absolute atomic E-state index is 12.5. The van der Waals surface area contributed by atoms with E-state index in [1.165, 1.54) is 0 Å². The molecule has 3 aromatic heterocycles. The van der Waals surface area contributed by atoms with Crippen molar-refractivity contribution in [1.82, 2.24) is 30.2 Å². The van der Waals surface area contributed by atoms with Crippen LogP contribution in [0.3, 0.4) is 0 Å². The number of nitrogens with zero attached hydrogens (tertiary/aromatic N) is 4. The van der Waals surface area contributed by atoms with Gasteiger partial charge in [-0.3, -0.25) is 0 Å². The number of urea groups is 1. The Morgan fingerprint density at radius 3 is 3.04 bits per heavy atom. The third kappa shape index (κ3) is 2.98. The normalized spacial score (nSPS) is 18.0. The number of H-pyrrole nitrogens is 1. The van der Waals surface area contributed by atoms with Gasteiger partial charge in [0.2, 0.25) is 0 Å². The second-order valence-electron chi connectivity index (χ2n) is 7.33. The Morgan fingerprint density at radius 2 is 2.23 bits per heavy atom. The first-order valence-corrected chi connectivity index (χ1v) is 9.18. The Hall–Kier alpha value is -2.70. The van der Waals surface area contributed by atoms with E-state index in [1.54, 1.807) is 12.4 Å². The Morgan fingerprint density at radius 1 is 1.38 bits per heavy atom. The summed E-state index contributed by atoms with van der Waals surface area (Å²) in [6, 6.07) is 2.14. The number of aromatic nitrogens is 4. The van der Waals surface area contributed by atoms with E-state index >= 15 is 0 Å². The number of aryl methyl sites for hydroxylation is 1. The Balaban J connectivity index is 1.75. The lowest BCUT2D eigenvalue weighted by Crippen LogP contribution is -2.47. The molecule has 0 aromatic carbocycles. The van der Waals surface area contributed by atoms with E-state index in [0.717, 1.165) is 52.8 Å². The summed E-state index contributed by atoms with van der Waals surface area (Å²) in [6.45, 7) is 7.43. The van der Waals surface area contributed by atoms with Crippen LogP contribution in [0.1, 0.15) is 44.1 Å². The topological polar surface area (TPSA) is 86.8 Å². The van der Waals surface area contributed by atoms with E-state index in [2.05, 4.69) is 25.3 Å². The van der Waals surface area contributed by atoms with E-state index in [-0.39, 0.29) is 18.0 Å². The van der Waals surface area contributed by atoms with Crippen molar-refractivity contribution in [2.75, 3.05) is 13.1 Å². The fourth-order valence-corrected chi connectivity index (χ4v) is 3.82. The number of carbonyl (C=O) groups is 1. The third-order valence-corrected chi connectivity index (χ3v) is 4.92. The highest BCUT2D eigenvalue weighted by atomic mass is 16.2. The van der Waals surface area contributed by atoms with Crippen molar-refractivity contribution in [3.8, 4) is 0 Å². The summed E-state index contributed by atoms with van der Waals surface area (Å²) in [4.78, 5) is 31.2. The highest BCUT2D eigenvalue weighted by Gasteiger charge is 2.27. The molecule has 3 aromatic rings. The van der Waals surface area contributed by atoms with Gasteiger partial charge < -0.3 is 15.2 Å². The van der Waals surface area contributed by atoms with E-state index < -0.39 is 0 Å². The number of pyridine rings is 1. The summed E-state index contributed by atoms with van der Waals surface area (Å²) in [6.07, 6.45) is 5.60. The predicted molar refractivity (Wildman–Crippen MR) is 101 cm³/mol. The van der Waals surface area contributed by atoms with Gasteiger partial charge in [-0.05, 0) is 39.7 Å². The van der Waals surface area contributed by atoms with Crippen LogP contribution in [0.15, 0.2) is 18.5 Å². The van der Waals surface area contributed by atoms with Crippen LogP contribution >= 0.6 is 0 Å². The average molecular weight is 352 g/mol. The smallest absolute Gasteiger partial charge is 0.317 e. The van der Waals surface area contributed by atoms with Gasteiger partial charge in [0.25, 0.3) is 0 Å². The van der Waals surface area contributed by atoms with Crippen LogP contribution in [0.2, 0.25) is 0 Å². The van der Waals surface area contributed by atoms with Crippen LogP contribution in [0.25, 0.3) is 21.9 Å². The van der Waals surface area contributed by atoms with Crippen LogP contribution in [0, 0.1) is 6.92 Å². The Kier molecular flexibility index (Phi) is 4.22. The Bertz CT molecular complexity index is 963. The van der Waals surface area contributed by atoms with E-state index in [9.17, 15) is 4.79 Å². The van der Waals surface area contributed by atoms with Crippen LogP contribution in [-0.4, -0.2) is 50.0 Å². The van der Waals surface area contributed by atoms with Gasteiger partial charge in [-0.15, -0.1) is 0 Å². The van der Waals surface area contributed by atoms with Gasteiger partial charge in [-0.2, -0.15) is 0 Å². The molecule has 1 atom stereocenters. The number of fused-ring (bicyclic) bond motifs is 3. The van der Waals surface area contributed by atoms with Crippen molar-refractivity contribution in [1.29, 1.82) is 0 Å². The molecule has 1 aliphatic heterocycles. The molecular formula is C19H24N6O. The highest BCUT2D eigenvalue weighted by molar-refractivity contribution is 6.04. The monoisotopic (exact) mass is 352 g/mol. The van der Waals surface area contributed by atoms with Gasteiger partial charge in [0.05, 0.1) is 11.7 Å². The minimum absolute atomic E-state index is 0.0153. The first kappa shape index (κ1) is 16.8. The number of likely N-dealkylation sites (tertiary alicyclic amines) is 1. The maximum atomic E-state index is 12.5. The highest BCUT2D eigenvalue weighted by Crippen LogP contribution is 2.33. The number of rotatable bonds is 2. The molecule has 136 valence electrons. The molecule has 1 saturated heterocycles. The first-order valence-electron chi connectivity index (χ1n) is 9.18. The number of amides is 2. The van der Waals surface area contributed by atoms with Crippen LogP contribution in [-0.2, 0) is 0 Å². The lowest BCUT2D eigenvalue weighted by Gasteiger charge is -2.34. The Labute approximate surface area is 152 Å². The standard InChI is InChI=1S/C19H24N6O/c1-11(2)22-19(26)25-8-4-5-13(10-25)17-16-14-6-7-20-18(14)21-9-15(16)23-12(3)24-17/h6-7,9,11,13H,4-5,8,10H2,1-3H3,(H,22,26)(H,23,24). The minimum atomic E-state index is 0.0153. The molecule has 0 spiro atoms. The van der Waals surface area contributed by atoms with Crippen molar-refractivity contribution >= 4 is 28.0 Å². The summed E-state index contributed by atoms with van der Waals surface area (Å²) in [7, 11) is 0. The summed E-state index contributed by atoms with van der Waals surface area (Å²) >= 11 is 0. The van der Waals surface area contributed by atoms with E-state index in [4.69, 9.17) is 0 Å².